The van der Waals surface area contributed by atoms with E-state index >= 15 is 0 Å². The molecule has 1 aliphatic rings. The summed E-state index contributed by atoms with van der Waals surface area (Å²) >= 11 is 7.18. The average Bonchev–Trinajstić information content (AvgIpc) is 3.20. The van der Waals surface area contributed by atoms with Crippen molar-refractivity contribution in [2.45, 2.75) is 44.5 Å². The first-order valence-corrected chi connectivity index (χ1v) is 13.6. The number of amides is 2. The number of thioether (sulfide) groups is 1. The summed E-state index contributed by atoms with van der Waals surface area (Å²) in [4.78, 5) is 28.3. The second-order valence-electron chi connectivity index (χ2n) is 9.65. The van der Waals surface area contributed by atoms with E-state index in [0.717, 1.165) is 41.1 Å². The highest BCUT2D eigenvalue weighted by Crippen LogP contribution is 2.43. The lowest BCUT2D eigenvalue weighted by Crippen LogP contribution is -2.31. The molecule has 0 aliphatic carbocycles. The van der Waals surface area contributed by atoms with E-state index in [1.165, 1.54) is 4.90 Å². The Morgan fingerprint density at radius 3 is 2.42 bits per heavy atom. The molecule has 1 heterocycles. The Hall–Kier alpha value is -3.74. The lowest BCUT2D eigenvalue weighted by Gasteiger charge is -2.19. The molecule has 4 rings (SSSR count). The highest BCUT2D eigenvalue weighted by Gasteiger charge is 2.41. The van der Waals surface area contributed by atoms with Crippen LogP contribution in [0.25, 0.3) is 0 Å². The predicted molar refractivity (Wildman–Crippen MR) is 152 cm³/mol. The number of carbonyl (C=O) groups excluding carboxylic acids is 2. The molecule has 40 heavy (non-hydrogen) atoms. The van der Waals surface area contributed by atoms with Gasteiger partial charge in [0.1, 0.15) is 16.7 Å². The second kappa shape index (κ2) is 11.8. The zero-order valence-electron chi connectivity index (χ0n) is 21.8. The van der Waals surface area contributed by atoms with E-state index in [1.54, 1.807) is 30.3 Å². The van der Waals surface area contributed by atoms with Gasteiger partial charge in [-0.3, -0.25) is 14.5 Å². The van der Waals surface area contributed by atoms with Crippen LogP contribution in [-0.4, -0.2) is 17.1 Å². The topological polar surface area (TPSA) is 73.2 Å². The minimum absolute atomic E-state index is 0.0874. The van der Waals surface area contributed by atoms with Gasteiger partial charge in [0, 0.05) is 16.4 Å². The van der Waals surface area contributed by atoms with E-state index in [1.807, 2.05) is 45.0 Å². The molecule has 0 radical (unpaired) electrons. The summed E-state index contributed by atoms with van der Waals surface area (Å²) in [6.07, 6.45) is -4.71. The fraction of sp³-hybridized carbons (Fsp3) is 0.233. The average molecular weight is 584 g/mol. The Labute approximate surface area is 239 Å². The predicted octanol–water partition coefficient (Wildman–Crippen LogP) is 7.86. The van der Waals surface area contributed by atoms with Crippen LogP contribution in [0.1, 0.15) is 42.0 Å². The van der Waals surface area contributed by atoms with Crippen molar-refractivity contribution in [1.29, 1.82) is 5.26 Å². The molecule has 206 valence electrons. The first-order chi connectivity index (χ1) is 18.9. The summed E-state index contributed by atoms with van der Waals surface area (Å²) in [6.45, 7) is 5.90. The number of benzene rings is 3. The van der Waals surface area contributed by atoms with Crippen LogP contribution in [-0.2, 0) is 22.2 Å². The Bertz CT molecular complexity index is 1530. The van der Waals surface area contributed by atoms with Gasteiger partial charge in [-0.15, -0.1) is 0 Å². The maximum atomic E-state index is 13.7. The molecule has 5 nitrogen and oxygen atoms in total. The molecule has 3 aromatic rings. The number of rotatable bonds is 6. The van der Waals surface area contributed by atoms with E-state index in [-0.39, 0.29) is 33.5 Å². The van der Waals surface area contributed by atoms with Gasteiger partial charge in [-0.25, -0.2) is 0 Å². The molecule has 1 fully saturated rings. The molecular formula is C30H25ClF3N3O2S. The van der Waals surface area contributed by atoms with Crippen LogP contribution in [0, 0.1) is 18.3 Å². The van der Waals surface area contributed by atoms with E-state index in [9.17, 15) is 28.0 Å². The van der Waals surface area contributed by atoms with Crippen molar-refractivity contribution in [1.82, 2.24) is 0 Å². The van der Waals surface area contributed by atoms with Crippen molar-refractivity contribution >= 4 is 46.6 Å². The largest absolute Gasteiger partial charge is 0.416 e. The van der Waals surface area contributed by atoms with Gasteiger partial charge in [-0.2, -0.15) is 18.4 Å². The standard InChI is InChI=1S/C30H25ClF3N3O2S/c1-17(2)19-7-10-23(11-8-19)37-28(39)26(15-20-14-21(30(32,33)34)9-12-25(20)31)40-29(37)24(16-35)27(38)36-22-6-4-5-18(3)13-22/h4-14,17,26H,15H2,1-3H3,(H,36,38)/b29-24-. The van der Waals surface area contributed by atoms with Gasteiger partial charge >= 0.3 is 6.18 Å². The van der Waals surface area contributed by atoms with Gasteiger partial charge in [0.2, 0.25) is 5.91 Å². The van der Waals surface area contributed by atoms with Crippen LogP contribution >= 0.6 is 23.4 Å². The smallest absolute Gasteiger partial charge is 0.321 e. The highest BCUT2D eigenvalue weighted by molar-refractivity contribution is 8.05. The molecular weight excluding hydrogens is 559 g/mol. The number of nitrogens with one attached hydrogen (secondary N) is 1. The monoisotopic (exact) mass is 583 g/mol. The molecule has 3 aromatic carbocycles. The third-order valence-corrected chi connectivity index (χ3v) is 8.01. The fourth-order valence-electron chi connectivity index (χ4n) is 4.25. The van der Waals surface area contributed by atoms with Crippen molar-refractivity contribution in [2.24, 2.45) is 0 Å². The zero-order chi connectivity index (χ0) is 29.2. The first-order valence-electron chi connectivity index (χ1n) is 12.4. The number of hydrogen-bond acceptors (Lipinski definition) is 4. The fourth-order valence-corrected chi connectivity index (χ4v) is 5.74. The van der Waals surface area contributed by atoms with Crippen LogP contribution in [0.3, 0.4) is 0 Å². The molecule has 0 bridgehead atoms. The minimum atomic E-state index is -4.58. The molecule has 0 aromatic heterocycles. The van der Waals surface area contributed by atoms with E-state index in [4.69, 9.17) is 11.6 Å². The first kappa shape index (κ1) is 29.2. The van der Waals surface area contributed by atoms with E-state index < -0.39 is 28.8 Å². The van der Waals surface area contributed by atoms with E-state index in [0.29, 0.717) is 11.4 Å². The third-order valence-electron chi connectivity index (χ3n) is 6.38. The van der Waals surface area contributed by atoms with Crippen LogP contribution in [0.2, 0.25) is 5.02 Å². The summed E-state index contributed by atoms with van der Waals surface area (Å²) in [6, 6.07) is 19.1. The number of anilines is 2. The van der Waals surface area contributed by atoms with Gasteiger partial charge < -0.3 is 5.32 Å². The summed E-state index contributed by atoms with van der Waals surface area (Å²) in [7, 11) is 0. The van der Waals surface area contributed by atoms with E-state index in [2.05, 4.69) is 5.32 Å². The van der Waals surface area contributed by atoms with Crippen molar-refractivity contribution in [2.75, 3.05) is 10.2 Å². The summed E-state index contributed by atoms with van der Waals surface area (Å²) < 4.78 is 40.1. The van der Waals surface area contributed by atoms with Gasteiger partial charge in [-0.1, -0.05) is 61.5 Å². The van der Waals surface area contributed by atoms with Gasteiger partial charge in [0.05, 0.1) is 10.8 Å². The van der Waals surface area contributed by atoms with Crippen LogP contribution in [0.4, 0.5) is 24.5 Å². The molecule has 1 unspecified atom stereocenters. The molecule has 1 atom stereocenters. The summed E-state index contributed by atoms with van der Waals surface area (Å²) in [5.41, 5.74) is 1.82. The van der Waals surface area contributed by atoms with Gasteiger partial charge in [0.15, 0.2) is 0 Å². The Morgan fingerprint density at radius 2 is 1.82 bits per heavy atom. The molecule has 1 aliphatic heterocycles. The number of aryl methyl sites for hydroxylation is 1. The number of hydrogen-bond donors (Lipinski definition) is 1. The number of halogens is 4. The Balaban J connectivity index is 1.76. The van der Waals surface area contributed by atoms with Crippen molar-refractivity contribution in [3.05, 3.63) is 105 Å². The van der Waals surface area contributed by atoms with Gasteiger partial charge in [-0.05, 0) is 78.4 Å². The normalized spacial score (nSPS) is 16.7. The maximum Gasteiger partial charge on any atom is 0.416 e. The number of nitrogens with zero attached hydrogens (tertiary/aromatic N) is 2. The van der Waals surface area contributed by atoms with Crippen LogP contribution in [0.5, 0.6) is 0 Å². The number of carbonyl (C=O) groups is 2. The Morgan fingerprint density at radius 1 is 1.12 bits per heavy atom. The third kappa shape index (κ3) is 6.35. The van der Waals surface area contributed by atoms with Crippen molar-refractivity contribution < 1.29 is 22.8 Å². The lowest BCUT2D eigenvalue weighted by atomic mass is 10.0. The molecule has 1 saturated heterocycles. The van der Waals surface area contributed by atoms with Crippen molar-refractivity contribution in [3.63, 3.8) is 0 Å². The zero-order valence-corrected chi connectivity index (χ0v) is 23.4. The number of alkyl halides is 3. The molecule has 10 heteroatoms. The summed E-state index contributed by atoms with van der Waals surface area (Å²) in [5, 5.41) is 12.0. The van der Waals surface area contributed by atoms with Crippen LogP contribution < -0.4 is 10.2 Å². The SMILES string of the molecule is Cc1cccc(NC(=O)/C(C#N)=C2\SC(Cc3cc(C(F)(F)F)ccc3Cl)C(=O)N2c2ccc(C(C)C)cc2)c1. The molecule has 0 spiro atoms. The molecule has 1 N–H and O–H groups in total. The van der Waals surface area contributed by atoms with Crippen molar-refractivity contribution in [3.8, 4) is 6.07 Å². The number of nitriles is 1. The quantitative estimate of drug-likeness (QED) is 0.237. The second-order valence-corrected chi connectivity index (χ2v) is 11.2. The van der Waals surface area contributed by atoms with Crippen LogP contribution in [0.15, 0.2) is 77.3 Å². The van der Waals surface area contributed by atoms with Gasteiger partial charge in [0.25, 0.3) is 5.91 Å². The molecule has 2 amide bonds. The highest BCUT2D eigenvalue weighted by atomic mass is 35.5. The maximum absolute atomic E-state index is 13.7. The Kier molecular flexibility index (Phi) is 8.62. The molecule has 0 saturated carbocycles. The lowest BCUT2D eigenvalue weighted by molar-refractivity contribution is -0.137. The minimum Gasteiger partial charge on any atom is -0.321 e. The summed E-state index contributed by atoms with van der Waals surface area (Å²) in [5.74, 6) is -0.940.